The second kappa shape index (κ2) is 12.4. The number of nitrogens with zero attached hydrogens (tertiary/aromatic N) is 1. The lowest BCUT2D eigenvalue weighted by Crippen LogP contribution is -2.25. The highest BCUT2D eigenvalue weighted by Crippen LogP contribution is 2.26. The van der Waals surface area contributed by atoms with E-state index in [1.165, 1.54) is 0 Å². The van der Waals surface area contributed by atoms with E-state index in [0.717, 1.165) is 53.3 Å². The lowest BCUT2D eigenvalue weighted by Gasteiger charge is -2.18. The summed E-state index contributed by atoms with van der Waals surface area (Å²) >= 11 is 1.03. The van der Waals surface area contributed by atoms with Crippen molar-refractivity contribution < 1.29 is 24.3 Å². The number of carboxylic acid groups (broad SMARTS) is 1. The minimum absolute atomic E-state index is 0.0836. The molecule has 0 spiro atoms. The number of thioether (sulfide) groups is 1. The SMILES string of the molecule is CN(Cc1cccc(-c2ccc(CC3SC(=O)NC3=O)cc2)c1)C(=O)CCCCCCC(=O)O. The molecule has 1 fully saturated rings. The molecule has 1 saturated heterocycles. The molecule has 1 heterocycles. The molecule has 3 amide bonds. The van der Waals surface area contributed by atoms with Gasteiger partial charge in [-0.25, -0.2) is 0 Å². The van der Waals surface area contributed by atoms with E-state index in [-0.39, 0.29) is 28.7 Å². The van der Waals surface area contributed by atoms with Crippen LogP contribution in [0.5, 0.6) is 0 Å². The first kappa shape index (κ1) is 25.5. The average molecular weight is 483 g/mol. The first-order chi connectivity index (χ1) is 16.3. The first-order valence-electron chi connectivity index (χ1n) is 11.5. The van der Waals surface area contributed by atoms with E-state index in [9.17, 15) is 19.2 Å². The van der Waals surface area contributed by atoms with Gasteiger partial charge >= 0.3 is 5.97 Å². The predicted molar refractivity (Wildman–Crippen MR) is 132 cm³/mol. The fourth-order valence-electron chi connectivity index (χ4n) is 3.88. The Balaban J connectivity index is 1.50. The number of carboxylic acids is 1. The smallest absolute Gasteiger partial charge is 0.303 e. The predicted octanol–water partition coefficient (Wildman–Crippen LogP) is 4.63. The molecule has 0 radical (unpaired) electrons. The van der Waals surface area contributed by atoms with E-state index in [1.54, 1.807) is 11.9 Å². The molecule has 0 aliphatic carbocycles. The highest BCUT2D eigenvalue weighted by molar-refractivity contribution is 8.15. The van der Waals surface area contributed by atoms with Gasteiger partial charge in [0.05, 0.1) is 5.25 Å². The Morgan fingerprint density at radius 3 is 2.29 bits per heavy atom. The van der Waals surface area contributed by atoms with E-state index in [0.29, 0.717) is 25.8 Å². The number of unbranched alkanes of at least 4 members (excludes halogenated alkanes) is 3. The van der Waals surface area contributed by atoms with Crippen molar-refractivity contribution in [3.05, 3.63) is 59.7 Å². The number of benzene rings is 2. The molecular weight excluding hydrogens is 452 g/mol. The zero-order chi connectivity index (χ0) is 24.5. The van der Waals surface area contributed by atoms with Crippen LogP contribution in [0.3, 0.4) is 0 Å². The molecule has 0 aromatic heterocycles. The molecule has 0 bridgehead atoms. The number of hydrogen-bond acceptors (Lipinski definition) is 5. The maximum Gasteiger partial charge on any atom is 0.303 e. The number of aliphatic carboxylic acids is 1. The summed E-state index contributed by atoms with van der Waals surface area (Å²) in [6, 6.07) is 16.0. The van der Waals surface area contributed by atoms with Gasteiger partial charge < -0.3 is 10.0 Å². The van der Waals surface area contributed by atoms with Crippen LogP contribution >= 0.6 is 11.8 Å². The molecule has 0 saturated carbocycles. The van der Waals surface area contributed by atoms with E-state index in [4.69, 9.17) is 5.11 Å². The molecule has 1 aliphatic rings. The van der Waals surface area contributed by atoms with Gasteiger partial charge in [-0.05, 0) is 47.6 Å². The largest absolute Gasteiger partial charge is 0.481 e. The van der Waals surface area contributed by atoms with E-state index in [1.807, 2.05) is 42.5 Å². The van der Waals surface area contributed by atoms with Crippen molar-refractivity contribution in [3.8, 4) is 11.1 Å². The summed E-state index contributed by atoms with van der Waals surface area (Å²) < 4.78 is 0. The summed E-state index contributed by atoms with van der Waals surface area (Å²) in [7, 11) is 1.80. The van der Waals surface area contributed by atoms with Crippen LogP contribution in [0.2, 0.25) is 0 Å². The van der Waals surface area contributed by atoms with Gasteiger partial charge in [0.15, 0.2) is 0 Å². The molecule has 1 unspecified atom stereocenters. The van der Waals surface area contributed by atoms with Crippen molar-refractivity contribution >= 4 is 34.8 Å². The summed E-state index contributed by atoms with van der Waals surface area (Å²) in [4.78, 5) is 47.8. The Kier molecular flexibility index (Phi) is 9.27. The zero-order valence-electron chi connectivity index (χ0n) is 19.3. The molecule has 180 valence electrons. The van der Waals surface area contributed by atoms with Gasteiger partial charge in [0.2, 0.25) is 11.8 Å². The van der Waals surface area contributed by atoms with Crippen LogP contribution < -0.4 is 5.32 Å². The summed E-state index contributed by atoms with van der Waals surface area (Å²) in [5.74, 6) is -0.923. The van der Waals surface area contributed by atoms with Gasteiger partial charge in [-0.15, -0.1) is 0 Å². The number of nitrogens with one attached hydrogen (secondary N) is 1. The summed E-state index contributed by atoms with van der Waals surface area (Å²) in [5.41, 5.74) is 4.12. The Morgan fingerprint density at radius 2 is 1.65 bits per heavy atom. The quantitative estimate of drug-likeness (QED) is 0.428. The Bertz CT molecular complexity index is 1040. The van der Waals surface area contributed by atoms with Crippen LogP contribution in [0.1, 0.15) is 49.7 Å². The molecule has 2 aromatic rings. The maximum absolute atomic E-state index is 12.4. The number of amides is 3. The Morgan fingerprint density at radius 1 is 0.941 bits per heavy atom. The van der Waals surface area contributed by atoms with Crippen molar-refractivity contribution in [2.75, 3.05) is 7.05 Å². The Labute approximate surface area is 203 Å². The molecule has 1 aliphatic heterocycles. The molecule has 2 aromatic carbocycles. The van der Waals surface area contributed by atoms with E-state index >= 15 is 0 Å². The summed E-state index contributed by atoms with van der Waals surface area (Å²) in [6.07, 6.45) is 4.27. The van der Waals surface area contributed by atoms with Crippen LogP contribution in [0, 0.1) is 0 Å². The van der Waals surface area contributed by atoms with Crippen molar-refractivity contribution in [1.29, 1.82) is 0 Å². The Hall–Kier alpha value is -3.13. The summed E-state index contributed by atoms with van der Waals surface area (Å²) in [5, 5.41) is 10.3. The molecule has 34 heavy (non-hydrogen) atoms. The normalized spacial score (nSPS) is 15.3. The molecule has 8 heteroatoms. The number of hydrogen-bond donors (Lipinski definition) is 2. The standard InChI is InChI=1S/C26H30N2O5S/c1-28(23(29)9-4-2-3-5-10-24(30)31)17-19-7-6-8-21(15-19)20-13-11-18(12-14-20)16-22-25(32)27-26(33)34-22/h6-8,11-15,22H,2-5,9-10,16-17H2,1H3,(H,30,31)(H,27,32,33). The molecular formula is C26H30N2O5S. The highest BCUT2D eigenvalue weighted by Gasteiger charge is 2.31. The van der Waals surface area contributed by atoms with E-state index in [2.05, 4.69) is 11.4 Å². The van der Waals surface area contributed by atoms with E-state index < -0.39 is 5.97 Å². The zero-order valence-corrected chi connectivity index (χ0v) is 20.1. The van der Waals surface area contributed by atoms with Gasteiger partial charge in [0, 0.05) is 26.4 Å². The third-order valence-corrected chi connectivity index (χ3v) is 6.76. The van der Waals surface area contributed by atoms with Crippen LogP contribution in [0.25, 0.3) is 11.1 Å². The van der Waals surface area contributed by atoms with Gasteiger partial charge in [-0.2, -0.15) is 0 Å². The fourth-order valence-corrected chi connectivity index (χ4v) is 4.74. The third kappa shape index (κ3) is 7.73. The second-order valence-electron chi connectivity index (χ2n) is 8.54. The van der Waals surface area contributed by atoms with Crippen LogP contribution in [0.4, 0.5) is 4.79 Å². The van der Waals surface area contributed by atoms with Gasteiger partial charge in [-0.3, -0.25) is 24.5 Å². The highest BCUT2D eigenvalue weighted by atomic mass is 32.2. The summed E-state index contributed by atoms with van der Waals surface area (Å²) in [6.45, 7) is 0.520. The minimum Gasteiger partial charge on any atom is -0.481 e. The van der Waals surface area contributed by atoms with Gasteiger partial charge in [0.25, 0.3) is 5.24 Å². The fraction of sp³-hybridized carbons (Fsp3) is 0.385. The number of rotatable bonds is 12. The third-order valence-electron chi connectivity index (χ3n) is 5.78. The monoisotopic (exact) mass is 482 g/mol. The molecule has 2 N–H and O–H groups in total. The molecule has 3 rings (SSSR count). The van der Waals surface area contributed by atoms with Crippen molar-refractivity contribution in [2.45, 2.75) is 56.7 Å². The number of carbonyl (C=O) groups excluding carboxylic acids is 3. The second-order valence-corrected chi connectivity index (χ2v) is 9.72. The topological polar surface area (TPSA) is 104 Å². The maximum atomic E-state index is 12.4. The number of carbonyl (C=O) groups is 4. The average Bonchev–Trinajstić information content (AvgIpc) is 3.12. The van der Waals surface area contributed by atoms with Crippen LogP contribution in [-0.2, 0) is 27.3 Å². The van der Waals surface area contributed by atoms with Crippen molar-refractivity contribution in [1.82, 2.24) is 10.2 Å². The van der Waals surface area contributed by atoms with Crippen LogP contribution in [-0.4, -0.2) is 45.3 Å². The molecule has 7 nitrogen and oxygen atoms in total. The number of imide groups is 1. The van der Waals surface area contributed by atoms with Gasteiger partial charge in [0.1, 0.15) is 0 Å². The van der Waals surface area contributed by atoms with Crippen molar-refractivity contribution in [2.24, 2.45) is 0 Å². The lowest BCUT2D eigenvalue weighted by molar-refractivity contribution is -0.137. The van der Waals surface area contributed by atoms with Gasteiger partial charge in [-0.1, -0.05) is 67.1 Å². The van der Waals surface area contributed by atoms with Crippen molar-refractivity contribution in [3.63, 3.8) is 0 Å². The first-order valence-corrected chi connectivity index (χ1v) is 12.4. The molecule has 1 atom stereocenters. The lowest BCUT2D eigenvalue weighted by atomic mass is 10.00. The minimum atomic E-state index is -0.774. The van der Waals surface area contributed by atoms with Crippen LogP contribution in [0.15, 0.2) is 48.5 Å².